The second kappa shape index (κ2) is 4.90. The lowest BCUT2D eigenvalue weighted by atomic mass is 10.3. The molecule has 0 aliphatic carbocycles. The summed E-state index contributed by atoms with van der Waals surface area (Å²) >= 11 is 1.24. The van der Waals surface area contributed by atoms with E-state index < -0.39 is 12.0 Å². The van der Waals surface area contributed by atoms with Crippen molar-refractivity contribution in [3.05, 3.63) is 11.9 Å². The van der Waals surface area contributed by atoms with E-state index >= 15 is 0 Å². The summed E-state index contributed by atoms with van der Waals surface area (Å²) in [6.45, 7) is 3.95. The lowest BCUT2D eigenvalue weighted by Gasteiger charge is -2.08. The number of alkyl halides is 3. The number of nitrogens with two attached hydrogens (primary N) is 1. The van der Waals surface area contributed by atoms with Gasteiger partial charge in [-0.2, -0.15) is 13.2 Å². The molecule has 3 nitrogen and oxygen atoms in total. The van der Waals surface area contributed by atoms with E-state index in [0.717, 1.165) is 0 Å². The van der Waals surface area contributed by atoms with E-state index in [-0.39, 0.29) is 10.8 Å². The highest BCUT2D eigenvalue weighted by Crippen LogP contribution is 2.29. The van der Waals surface area contributed by atoms with Crippen LogP contribution in [0.15, 0.2) is 11.1 Å². The molecule has 0 radical (unpaired) electrons. The standard InChI is InChI=1S/C9H12F3N3S/c1-5(2)4-16-7-3-6(13)14-8(15-7)9(10,11)12/h3,5H,4H2,1-2H3,(H2,13,14,15). The zero-order valence-corrected chi connectivity index (χ0v) is 9.69. The first-order valence-electron chi connectivity index (χ1n) is 4.63. The van der Waals surface area contributed by atoms with Gasteiger partial charge in [-0.15, -0.1) is 11.8 Å². The van der Waals surface area contributed by atoms with Crippen molar-refractivity contribution in [1.82, 2.24) is 9.97 Å². The maximum atomic E-state index is 12.4. The molecule has 0 spiro atoms. The van der Waals surface area contributed by atoms with E-state index in [1.54, 1.807) is 0 Å². The Hall–Kier alpha value is -0.980. The average molecular weight is 251 g/mol. The summed E-state index contributed by atoms with van der Waals surface area (Å²) < 4.78 is 37.1. The van der Waals surface area contributed by atoms with E-state index in [1.807, 2.05) is 13.8 Å². The van der Waals surface area contributed by atoms with Gasteiger partial charge in [-0.3, -0.25) is 0 Å². The number of hydrogen-bond donors (Lipinski definition) is 1. The second-order valence-corrected chi connectivity index (χ2v) is 4.70. The van der Waals surface area contributed by atoms with E-state index in [2.05, 4.69) is 9.97 Å². The lowest BCUT2D eigenvalue weighted by molar-refractivity contribution is -0.145. The van der Waals surface area contributed by atoms with Gasteiger partial charge in [0.1, 0.15) is 10.8 Å². The number of aromatic nitrogens is 2. The number of hydrogen-bond acceptors (Lipinski definition) is 4. The van der Waals surface area contributed by atoms with E-state index in [9.17, 15) is 13.2 Å². The maximum absolute atomic E-state index is 12.4. The molecule has 1 aromatic rings. The number of nitrogen functional groups attached to an aromatic ring is 1. The Labute approximate surface area is 95.7 Å². The van der Waals surface area contributed by atoms with Crippen molar-refractivity contribution in [1.29, 1.82) is 0 Å². The molecule has 7 heteroatoms. The van der Waals surface area contributed by atoms with Gasteiger partial charge in [0, 0.05) is 11.8 Å². The average Bonchev–Trinajstić information content (AvgIpc) is 2.12. The van der Waals surface area contributed by atoms with Gasteiger partial charge < -0.3 is 5.73 Å². The van der Waals surface area contributed by atoms with E-state index in [0.29, 0.717) is 11.7 Å². The molecule has 1 rings (SSSR count). The Balaban J connectivity index is 2.90. The zero-order valence-electron chi connectivity index (χ0n) is 8.88. The van der Waals surface area contributed by atoms with Gasteiger partial charge in [-0.05, 0) is 5.92 Å². The summed E-state index contributed by atoms with van der Waals surface area (Å²) in [5.41, 5.74) is 5.30. The number of thioether (sulfide) groups is 1. The van der Waals surface area contributed by atoms with Gasteiger partial charge in [0.15, 0.2) is 0 Å². The summed E-state index contributed by atoms with van der Waals surface area (Å²) in [5, 5.41) is 0.258. The zero-order chi connectivity index (χ0) is 12.3. The van der Waals surface area contributed by atoms with Crippen molar-refractivity contribution in [3.8, 4) is 0 Å². The summed E-state index contributed by atoms with van der Waals surface area (Å²) in [6.07, 6.45) is -4.55. The van der Waals surface area contributed by atoms with Crippen LogP contribution in [0, 0.1) is 5.92 Å². The van der Waals surface area contributed by atoms with Crippen LogP contribution in [0.5, 0.6) is 0 Å². The molecule has 0 aliphatic rings. The summed E-state index contributed by atoms with van der Waals surface area (Å²) in [5.74, 6) is -0.281. The first-order chi connectivity index (χ1) is 7.29. The summed E-state index contributed by atoms with van der Waals surface area (Å²) in [7, 11) is 0. The van der Waals surface area contributed by atoms with Crippen molar-refractivity contribution < 1.29 is 13.2 Å². The molecular weight excluding hydrogens is 239 g/mol. The van der Waals surface area contributed by atoms with Gasteiger partial charge in [-0.1, -0.05) is 13.8 Å². The van der Waals surface area contributed by atoms with Crippen molar-refractivity contribution in [2.75, 3.05) is 11.5 Å². The van der Waals surface area contributed by atoms with E-state index in [1.165, 1.54) is 17.8 Å². The molecule has 0 aliphatic heterocycles. The first-order valence-corrected chi connectivity index (χ1v) is 5.62. The van der Waals surface area contributed by atoms with Crippen LogP contribution < -0.4 is 5.73 Å². The highest BCUT2D eigenvalue weighted by atomic mass is 32.2. The molecule has 2 N–H and O–H groups in total. The molecule has 16 heavy (non-hydrogen) atoms. The largest absolute Gasteiger partial charge is 0.451 e. The van der Waals surface area contributed by atoms with Crippen LogP contribution >= 0.6 is 11.8 Å². The van der Waals surface area contributed by atoms with Crippen LogP contribution in [0.2, 0.25) is 0 Å². The second-order valence-electron chi connectivity index (χ2n) is 3.66. The predicted octanol–water partition coefficient (Wildman–Crippen LogP) is 2.83. The third-order valence-corrected chi connectivity index (χ3v) is 2.88. The Morgan fingerprint density at radius 1 is 1.38 bits per heavy atom. The van der Waals surface area contributed by atoms with Gasteiger partial charge >= 0.3 is 6.18 Å². The number of anilines is 1. The molecule has 0 saturated heterocycles. The Bertz CT molecular complexity index is 366. The molecule has 0 fully saturated rings. The molecule has 0 saturated carbocycles. The third kappa shape index (κ3) is 3.88. The summed E-state index contributed by atoms with van der Waals surface area (Å²) in [6, 6.07) is 1.35. The highest BCUT2D eigenvalue weighted by Gasteiger charge is 2.35. The SMILES string of the molecule is CC(C)CSc1cc(N)nc(C(F)(F)F)n1. The number of nitrogens with zero attached hydrogens (tertiary/aromatic N) is 2. The molecule has 1 heterocycles. The Kier molecular flexibility index (Phi) is 4.01. The van der Waals surface area contributed by atoms with Gasteiger partial charge in [0.05, 0.1) is 0 Å². The molecule has 0 aromatic carbocycles. The van der Waals surface area contributed by atoms with Gasteiger partial charge in [0.25, 0.3) is 0 Å². The van der Waals surface area contributed by atoms with Crippen molar-refractivity contribution in [2.24, 2.45) is 5.92 Å². The number of rotatable bonds is 3. The van der Waals surface area contributed by atoms with Crippen LogP contribution in [0.3, 0.4) is 0 Å². The lowest BCUT2D eigenvalue weighted by Crippen LogP contribution is -2.13. The van der Waals surface area contributed by atoms with Crippen molar-refractivity contribution >= 4 is 17.6 Å². The molecule has 0 unspecified atom stereocenters. The molecule has 90 valence electrons. The molecule has 0 amide bonds. The first kappa shape index (κ1) is 13.1. The fourth-order valence-corrected chi connectivity index (χ4v) is 1.75. The minimum atomic E-state index is -4.55. The molecular formula is C9H12F3N3S. The minimum absolute atomic E-state index is 0.159. The molecule has 1 aromatic heterocycles. The van der Waals surface area contributed by atoms with Crippen LogP contribution in [0.25, 0.3) is 0 Å². The topological polar surface area (TPSA) is 51.8 Å². The number of halogens is 3. The Morgan fingerprint density at radius 2 is 2.00 bits per heavy atom. The summed E-state index contributed by atoms with van der Waals surface area (Å²) in [4.78, 5) is 6.58. The van der Waals surface area contributed by atoms with E-state index in [4.69, 9.17) is 5.73 Å². The fraction of sp³-hybridized carbons (Fsp3) is 0.556. The maximum Gasteiger partial charge on any atom is 0.451 e. The van der Waals surface area contributed by atoms with Crippen LogP contribution in [-0.2, 0) is 6.18 Å². The monoisotopic (exact) mass is 251 g/mol. The predicted molar refractivity (Wildman–Crippen MR) is 57.0 cm³/mol. The molecule has 0 bridgehead atoms. The van der Waals surface area contributed by atoms with Crippen LogP contribution in [-0.4, -0.2) is 15.7 Å². The quantitative estimate of drug-likeness (QED) is 0.663. The van der Waals surface area contributed by atoms with Gasteiger partial charge in [-0.25, -0.2) is 9.97 Å². The highest BCUT2D eigenvalue weighted by molar-refractivity contribution is 7.99. The van der Waals surface area contributed by atoms with Crippen molar-refractivity contribution in [3.63, 3.8) is 0 Å². The Morgan fingerprint density at radius 3 is 2.50 bits per heavy atom. The van der Waals surface area contributed by atoms with Crippen LogP contribution in [0.1, 0.15) is 19.7 Å². The third-order valence-electron chi connectivity index (χ3n) is 1.54. The molecule has 0 atom stereocenters. The minimum Gasteiger partial charge on any atom is -0.384 e. The normalized spacial score (nSPS) is 12.1. The smallest absolute Gasteiger partial charge is 0.384 e. The van der Waals surface area contributed by atoms with Crippen LogP contribution in [0.4, 0.5) is 19.0 Å². The van der Waals surface area contributed by atoms with Crippen molar-refractivity contribution in [2.45, 2.75) is 25.0 Å². The van der Waals surface area contributed by atoms with Gasteiger partial charge in [0.2, 0.25) is 5.82 Å². The fourth-order valence-electron chi connectivity index (χ4n) is 0.895.